The molecule has 0 radical (unpaired) electrons. The molecule has 1 aromatic heterocycles. The van der Waals surface area contributed by atoms with Crippen molar-refractivity contribution < 1.29 is 4.79 Å². The maximum atomic E-state index is 11.9. The first-order valence-electron chi connectivity index (χ1n) is 6.51. The molecular formula is C13H15Cl2N3OS2. The number of aromatic nitrogens is 1. The van der Waals surface area contributed by atoms with Gasteiger partial charge >= 0.3 is 0 Å². The fourth-order valence-electron chi connectivity index (χ4n) is 1.93. The lowest BCUT2D eigenvalue weighted by molar-refractivity contribution is -0.113. The minimum atomic E-state index is -0.183. The number of anilines is 1. The van der Waals surface area contributed by atoms with Crippen molar-refractivity contribution in [1.29, 1.82) is 0 Å². The highest BCUT2D eigenvalue weighted by Gasteiger charge is 2.17. The Bertz CT molecular complexity index is 563. The largest absolute Gasteiger partial charge is 0.358 e. The van der Waals surface area contributed by atoms with Crippen molar-refractivity contribution in [2.45, 2.75) is 19.8 Å². The van der Waals surface area contributed by atoms with Gasteiger partial charge in [-0.25, -0.2) is 4.98 Å². The molecule has 0 atom stereocenters. The highest BCUT2D eigenvalue weighted by atomic mass is 35.5. The molecular weight excluding hydrogens is 349 g/mol. The predicted molar refractivity (Wildman–Crippen MR) is 93.5 cm³/mol. The van der Waals surface area contributed by atoms with E-state index in [4.69, 9.17) is 35.4 Å². The Morgan fingerprint density at radius 2 is 2.14 bits per heavy atom. The van der Waals surface area contributed by atoms with E-state index in [0.717, 1.165) is 30.3 Å². The summed E-state index contributed by atoms with van der Waals surface area (Å²) in [6, 6.07) is 0. The maximum absolute atomic E-state index is 11.9. The molecule has 1 aliphatic rings. The minimum Gasteiger partial charge on any atom is -0.358 e. The smallest absolute Gasteiger partial charge is 0.236 e. The number of thioether (sulfide) groups is 1. The van der Waals surface area contributed by atoms with Gasteiger partial charge in [-0.3, -0.25) is 4.79 Å². The third-order valence-electron chi connectivity index (χ3n) is 3.15. The van der Waals surface area contributed by atoms with E-state index in [1.807, 2.05) is 0 Å². The average Bonchev–Trinajstić information content (AvgIpc) is 3.00. The molecule has 2 rings (SSSR count). The van der Waals surface area contributed by atoms with Crippen molar-refractivity contribution in [3.63, 3.8) is 0 Å². The quantitative estimate of drug-likeness (QED) is 0.828. The number of amides is 1. The van der Waals surface area contributed by atoms with Crippen LogP contribution in [-0.4, -0.2) is 39.0 Å². The Hall–Kier alpha value is -0.560. The highest BCUT2D eigenvalue weighted by molar-refractivity contribution is 8.23. The Labute approximate surface area is 143 Å². The molecule has 0 spiro atoms. The Morgan fingerprint density at radius 1 is 1.48 bits per heavy atom. The summed E-state index contributed by atoms with van der Waals surface area (Å²) in [5.74, 6) is 0.392. The Morgan fingerprint density at radius 3 is 2.81 bits per heavy atom. The first-order chi connectivity index (χ1) is 9.99. The summed E-state index contributed by atoms with van der Waals surface area (Å²) >= 11 is 18.7. The molecule has 1 amide bonds. The second-order valence-corrected chi connectivity index (χ2v) is 7.08. The van der Waals surface area contributed by atoms with Gasteiger partial charge in [0.25, 0.3) is 0 Å². The molecule has 0 aliphatic carbocycles. The molecule has 1 saturated heterocycles. The number of pyridine rings is 1. The standard InChI is InChI=1S/C13H15Cl2N3OS2/c1-8-9(14)6-16-12(11(8)15)17-10(19)7-21-13(20)18-4-2-3-5-18/h6H,2-5,7H2,1H3,(H,16,17,19). The molecule has 114 valence electrons. The number of halogens is 2. The van der Waals surface area contributed by atoms with Crippen LogP contribution in [0.2, 0.25) is 10.0 Å². The van der Waals surface area contributed by atoms with E-state index in [1.54, 1.807) is 6.92 Å². The molecule has 0 bridgehead atoms. The van der Waals surface area contributed by atoms with Gasteiger partial charge in [-0.15, -0.1) is 0 Å². The number of likely N-dealkylation sites (tertiary alicyclic amines) is 1. The van der Waals surface area contributed by atoms with Crippen LogP contribution < -0.4 is 5.32 Å². The molecule has 21 heavy (non-hydrogen) atoms. The van der Waals surface area contributed by atoms with Gasteiger partial charge in [0.2, 0.25) is 5.91 Å². The van der Waals surface area contributed by atoms with Gasteiger partial charge in [0.15, 0.2) is 5.82 Å². The van der Waals surface area contributed by atoms with E-state index in [9.17, 15) is 4.79 Å². The number of rotatable bonds is 3. The molecule has 1 fully saturated rings. The van der Waals surface area contributed by atoms with Crippen LogP contribution in [0.3, 0.4) is 0 Å². The van der Waals surface area contributed by atoms with Gasteiger partial charge in [-0.05, 0) is 25.3 Å². The van der Waals surface area contributed by atoms with Crippen molar-refractivity contribution in [3.8, 4) is 0 Å². The van der Waals surface area contributed by atoms with Gasteiger partial charge in [-0.1, -0.05) is 47.2 Å². The average molecular weight is 364 g/mol. The topological polar surface area (TPSA) is 45.2 Å². The van der Waals surface area contributed by atoms with Gasteiger partial charge in [0.05, 0.1) is 15.8 Å². The molecule has 1 aromatic rings. The first kappa shape index (κ1) is 16.8. The van der Waals surface area contributed by atoms with Crippen LogP contribution in [0.5, 0.6) is 0 Å². The SMILES string of the molecule is Cc1c(Cl)cnc(NC(=O)CSC(=S)N2CCCC2)c1Cl. The summed E-state index contributed by atoms with van der Waals surface area (Å²) in [6.45, 7) is 3.74. The van der Waals surface area contributed by atoms with Crippen molar-refractivity contribution in [1.82, 2.24) is 9.88 Å². The van der Waals surface area contributed by atoms with Crippen molar-refractivity contribution in [2.75, 3.05) is 24.2 Å². The summed E-state index contributed by atoms with van der Waals surface area (Å²) in [7, 11) is 0. The number of nitrogens with one attached hydrogen (secondary N) is 1. The lowest BCUT2D eigenvalue weighted by Gasteiger charge is -2.17. The lowest BCUT2D eigenvalue weighted by atomic mass is 10.3. The van der Waals surface area contributed by atoms with Crippen LogP contribution in [0.1, 0.15) is 18.4 Å². The monoisotopic (exact) mass is 363 g/mol. The zero-order chi connectivity index (χ0) is 15.4. The fourth-order valence-corrected chi connectivity index (χ4v) is 3.37. The molecule has 0 aromatic carbocycles. The van der Waals surface area contributed by atoms with Crippen LogP contribution in [-0.2, 0) is 4.79 Å². The van der Waals surface area contributed by atoms with Crippen LogP contribution in [0.4, 0.5) is 5.82 Å². The first-order valence-corrected chi connectivity index (χ1v) is 8.66. The zero-order valence-electron chi connectivity index (χ0n) is 11.5. The summed E-state index contributed by atoms with van der Waals surface area (Å²) in [4.78, 5) is 18.1. The molecule has 1 N–H and O–H groups in total. The second kappa shape index (κ2) is 7.63. The Kier molecular flexibility index (Phi) is 6.10. The minimum absolute atomic E-state index is 0.183. The summed E-state index contributed by atoms with van der Waals surface area (Å²) in [5.41, 5.74) is 0.698. The van der Waals surface area contributed by atoms with E-state index in [-0.39, 0.29) is 11.7 Å². The summed E-state index contributed by atoms with van der Waals surface area (Å²) < 4.78 is 0.772. The van der Waals surface area contributed by atoms with Crippen molar-refractivity contribution >= 4 is 63.2 Å². The number of thiocarbonyl (C=S) groups is 1. The fraction of sp³-hybridized carbons (Fsp3) is 0.462. The van der Waals surface area contributed by atoms with E-state index < -0.39 is 0 Å². The molecule has 1 aliphatic heterocycles. The normalized spacial score (nSPS) is 14.3. The van der Waals surface area contributed by atoms with E-state index in [2.05, 4.69) is 15.2 Å². The lowest BCUT2D eigenvalue weighted by Crippen LogP contribution is -2.25. The van der Waals surface area contributed by atoms with Crippen LogP contribution in [0, 0.1) is 6.92 Å². The molecule has 4 nitrogen and oxygen atoms in total. The third kappa shape index (κ3) is 4.45. The van der Waals surface area contributed by atoms with Gasteiger partial charge in [-0.2, -0.15) is 0 Å². The molecule has 8 heteroatoms. The number of hydrogen-bond acceptors (Lipinski definition) is 4. The third-order valence-corrected chi connectivity index (χ3v) is 5.52. The predicted octanol–water partition coefficient (Wildman–Crippen LogP) is 3.75. The van der Waals surface area contributed by atoms with E-state index >= 15 is 0 Å². The summed E-state index contributed by atoms with van der Waals surface area (Å²) in [6.07, 6.45) is 3.80. The number of nitrogens with zero attached hydrogens (tertiary/aromatic N) is 2. The van der Waals surface area contributed by atoms with Crippen molar-refractivity contribution in [3.05, 3.63) is 21.8 Å². The number of carbonyl (C=O) groups excluding carboxylic acids is 1. The van der Waals surface area contributed by atoms with Crippen LogP contribution in [0.25, 0.3) is 0 Å². The van der Waals surface area contributed by atoms with E-state index in [1.165, 1.54) is 18.0 Å². The number of carbonyl (C=O) groups is 1. The van der Waals surface area contributed by atoms with Crippen LogP contribution in [0.15, 0.2) is 6.20 Å². The van der Waals surface area contributed by atoms with Gasteiger partial charge in [0, 0.05) is 19.3 Å². The van der Waals surface area contributed by atoms with Crippen molar-refractivity contribution in [2.24, 2.45) is 0 Å². The molecule has 0 unspecified atom stereocenters. The molecule has 2 heterocycles. The second-order valence-electron chi connectivity index (χ2n) is 4.69. The maximum Gasteiger partial charge on any atom is 0.236 e. The zero-order valence-corrected chi connectivity index (χ0v) is 14.6. The van der Waals surface area contributed by atoms with Gasteiger partial charge < -0.3 is 10.2 Å². The Balaban J connectivity index is 1.87. The summed E-state index contributed by atoms with van der Waals surface area (Å²) in [5, 5.41) is 3.52. The highest BCUT2D eigenvalue weighted by Crippen LogP contribution is 2.28. The van der Waals surface area contributed by atoms with Gasteiger partial charge in [0.1, 0.15) is 4.32 Å². The molecule has 0 saturated carbocycles. The van der Waals surface area contributed by atoms with Crippen LogP contribution >= 0.6 is 47.2 Å². The number of hydrogen-bond donors (Lipinski definition) is 1. The van der Waals surface area contributed by atoms with E-state index in [0.29, 0.717) is 21.4 Å².